The number of halogens is 1. The predicted octanol–water partition coefficient (Wildman–Crippen LogP) is 3.70. The summed E-state index contributed by atoms with van der Waals surface area (Å²) in [5, 5.41) is 17.1. The summed E-state index contributed by atoms with van der Waals surface area (Å²) >= 11 is 10.1. The van der Waals surface area contributed by atoms with E-state index in [0.717, 1.165) is 9.35 Å². The largest absolute Gasteiger partial charge is 0.392 e. The van der Waals surface area contributed by atoms with E-state index in [2.05, 4.69) is 33.1 Å². The Morgan fingerprint density at radius 2 is 2.14 bits per heavy atom. The molecule has 0 saturated heterocycles. The van der Waals surface area contributed by atoms with Crippen LogP contribution in [0.2, 0.25) is 0 Å². The van der Waals surface area contributed by atoms with Crippen LogP contribution >= 0.6 is 39.5 Å². The molecular weight excluding hydrogens is 384 g/mol. The van der Waals surface area contributed by atoms with Gasteiger partial charge in [-0.25, -0.2) is 0 Å². The third-order valence-corrected chi connectivity index (χ3v) is 4.78. The third kappa shape index (κ3) is 7.00. The highest BCUT2D eigenvalue weighted by Crippen LogP contribution is 2.34. The van der Waals surface area contributed by atoms with E-state index in [0.29, 0.717) is 12.0 Å². The number of thiophene rings is 1. The molecule has 3 N–H and O–H groups in total. The average molecular weight is 407 g/mol. The molecular formula is C15H23BrN2O2S2. The minimum atomic E-state index is -0.532. The van der Waals surface area contributed by atoms with Gasteiger partial charge in [-0.15, -0.1) is 11.3 Å². The highest BCUT2D eigenvalue weighted by molar-refractivity contribution is 9.10. The van der Waals surface area contributed by atoms with E-state index < -0.39 is 5.54 Å². The van der Waals surface area contributed by atoms with E-state index in [1.165, 1.54) is 6.92 Å². The van der Waals surface area contributed by atoms with E-state index in [4.69, 9.17) is 12.2 Å². The summed E-state index contributed by atoms with van der Waals surface area (Å²) in [6.45, 7) is 11.1. The van der Waals surface area contributed by atoms with Gasteiger partial charge in [0.15, 0.2) is 5.11 Å². The Labute approximate surface area is 150 Å². The van der Waals surface area contributed by atoms with Gasteiger partial charge in [-0.2, -0.15) is 0 Å². The summed E-state index contributed by atoms with van der Waals surface area (Å²) in [7, 11) is 0. The number of aliphatic hydroxyl groups is 1. The Bertz CT molecular complexity index is 531. The van der Waals surface area contributed by atoms with Crippen molar-refractivity contribution in [1.82, 2.24) is 10.6 Å². The molecule has 0 aliphatic carbocycles. The normalized spacial score (nSPS) is 12.5. The Kier molecular flexibility index (Phi) is 9.75. The second-order valence-electron chi connectivity index (χ2n) is 4.68. The smallest absolute Gasteiger partial charge is 0.222 e. The Morgan fingerprint density at radius 1 is 1.55 bits per heavy atom. The zero-order chi connectivity index (χ0) is 17.3. The van der Waals surface area contributed by atoms with Crippen molar-refractivity contribution in [2.75, 3.05) is 6.61 Å². The number of hydrogen-bond donors (Lipinski definition) is 3. The van der Waals surface area contributed by atoms with Crippen LogP contribution in [0.3, 0.4) is 0 Å². The molecule has 0 radical (unpaired) electrons. The fourth-order valence-corrected chi connectivity index (χ4v) is 3.71. The molecule has 0 aliphatic heterocycles. The van der Waals surface area contributed by atoms with E-state index in [-0.39, 0.29) is 17.6 Å². The Morgan fingerprint density at radius 3 is 2.55 bits per heavy atom. The Balaban J connectivity index is 0.00000211. The van der Waals surface area contributed by atoms with Gasteiger partial charge in [0, 0.05) is 21.7 Å². The maximum absolute atomic E-state index is 11.1. The van der Waals surface area contributed by atoms with E-state index in [1.54, 1.807) is 11.3 Å². The van der Waals surface area contributed by atoms with Gasteiger partial charge in [0.2, 0.25) is 5.91 Å². The lowest BCUT2D eigenvalue weighted by atomic mass is 9.92. The molecule has 1 rings (SSSR count). The second kappa shape index (κ2) is 10.1. The first kappa shape index (κ1) is 21.2. The number of rotatable bonds is 5. The molecule has 1 atom stereocenters. The van der Waals surface area contributed by atoms with Crippen molar-refractivity contribution in [2.45, 2.75) is 39.7 Å². The SMILES string of the molecule is C=C(CO)CC(C)(NC(=S)NC(C)=O)c1cc(Br)cs1.CC. The van der Waals surface area contributed by atoms with Crippen molar-refractivity contribution >= 4 is 50.5 Å². The van der Waals surface area contributed by atoms with Gasteiger partial charge in [-0.3, -0.25) is 4.79 Å². The van der Waals surface area contributed by atoms with Crippen molar-refractivity contribution in [2.24, 2.45) is 0 Å². The van der Waals surface area contributed by atoms with Crippen LogP contribution in [0.15, 0.2) is 28.1 Å². The lowest BCUT2D eigenvalue weighted by Gasteiger charge is -2.31. The molecule has 0 saturated carbocycles. The van der Waals surface area contributed by atoms with E-state index >= 15 is 0 Å². The molecule has 1 unspecified atom stereocenters. The summed E-state index contributed by atoms with van der Waals surface area (Å²) in [5.74, 6) is -0.224. The first-order chi connectivity index (χ1) is 10.3. The third-order valence-electron chi connectivity index (χ3n) is 2.62. The van der Waals surface area contributed by atoms with Gasteiger partial charge in [0.1, 0.15) is 0 Å². The van der Waals surface area contributed by atoms with Crippen LogP contribution in [-0.4, -0.2) is 22.7 Å². The standard InChI is InChI=1S/C13H17BrN2O2S2.C2H6/c1-8(6-17)5-13(3,11-4-10(14)7-20-11)16-12(19)15-9(2)18;1-2/h4,7,17H,1,5-6H2,2-3H3,(H2,15,16,18,19);1-2H3. The maximum Gasteiger partial charge on any atom is 0.222 e. The van der Waals surface area contributed by atoms with Crippen molar-refractivity contribution in [1.29, 1.82) is 0 Å². The summed E-state index contributed by atoms with van der Waals surface area (Å²) in [6.07, 6.45) is 0.510. The van der Waals surface area contributed by atoms with Gasteiger partial charge >= 0.3 is 0 Å². The molecule has 4 nitrogen and oxygen atoms in total. The summed E-state index contributed by atoms with van der Waals surface area (Å²) in [5.41, 5.74) is 0.158. The number of nitrogens with one attached hydrogen (secondary N) is 2. The first-order valence-corrected chi connectivity index (χ1v) is 8.96. The van der Waals surface area contributed by atoms with Crippen molar-refractivity contribution in [3.05, 3.63) is 32.9 Å². The molecule has 124 valence electrons. The summed E-state index contributed by atoms with van der Waals surface area (Å²) < 4.78 is 0.977. The molecule has 0 aromatic carbocycles. The fraction of sp³-hybridized carbons (Fsp3) is 0.467. The molecule has 22 heavy (non-hydrogen) atoms. The van der Waals surface area contributed by atoms with Gasteiger partial charge in [-0.1, -0.05) is 20.4 Å². The molecule has 1 heterocycles. The Hall–Kier alpha value is -0.760. The second-order valence-corrected chi connectivity index (χ2v) is 6.92. The molecule has 0 bridgehead atoms. The number of hydrogen-bond acceptors (Lipinski definition) is 4. The summed E-state index contributed by atoms with van der Waals surface area (Å²) in [6, 6.07) is 1.98. The van der Waals surface area contributed by atoms with E-state index in [9.17, 15) is 9.90 Å². The highest BCUT2D eigenvalue weighted by atomic mass is 79.9. The lowest BCUT2D eigenvalue weighted by molar-refractivity contribution is -0.117. The van der Waals surface area contributed by atoms with Crippen molar-refractivity contribution in [3.63, 3.8) is 0 Å². The van der Waals surface area contributed by atoms with Crippen LogP contribution in [0, 0.1) is 0 Å². The number of carbonyl (C=O) groups excluding carboxylic acids is 1. The molecule has 1 aromatic heterocycles. The molecule has 0 aliphatic rings. The molecule has 1 amide bonds. The van der Waals surface area contributed by atoms with Crippen LogP contribution in [0.4, 0.5) is 0 Å². The van der Waals surface area contributed by atoms with Crippen LogP contribution in [0.25, 0.3) is 0 Å². The van der Waals surface area contributed by atoms with Gasteiger partial charge in [0.05, 0.1) is 12.1 Å². The number of thiocarbonyl (C=S) groups is 1. The predicted molar refractivity (Wildman–Crippen MR) is 101 cm³/mol. The maximum atomic E-state index is 11.1. The van der Waals surface area contributed by atoms with Crippen molar-refractivity contribution < 1.29 is 9.90 Å². The topological polar surface area (TPSA) is 61.4 Å². The first-order valence-electron chi connectivity index (χ1n) is 6.88. The van der Waals surface area contributed by atoms with Gasteiger partial charge in [-0.05, 0) is 53.1 Å². The minimum absolute atomic E-state index is 0.0866. The zero-order valence-corrected chi connectivity index (χ0v) is 16.5. The zero-order valence-electron chi connectivity index (χ0n) is 13.3. The van der Waals surface area contributed by atoms with Crippen molar-refractivity contribution in [3.8, 4) is 0 Å². The minimum Gasteiger partial charge on any atom is -0.392 e. The quantitative estimate of drug-likeness (QED) is 0.515. The molecule has 7 heteroatoms. The van der Waals surface area contributed by atoms with Crippen LogP contribution in [0.5, 0.6) is 0 Å². The fourth-order valence-electron chi connectivity index (χ4n) is 1.79. The van der Waals surface area contributed by atoms with Crippen LogP contribution in [0.1, 0.15) is 39.0 Å². The van der Waals surface area contributed by atoms with Gasteiger partial charge in [0.25, 0.3) is 0 Å². The highest BCUT2D eigenvalue weighted by Gasteiger charge is 2.30. The molecule has 0 spiro atoms. The molecule has 1 aromatic rings. The van der Waals surface area contributed by atoms with Crippen LogP contribution in [-0.2, 0) is 10.3 Å². The average Bonchev–Trinajstić information content (AvgIpc) is 2.87. The monoisotopic (exact) mass is 406 g/mol. The number of aliphatic hydroxyl groups excluding tert-OH is 1. The number of amides is 1. The molecule has 0 fully saturated rings. The number of carbonyl (C=O) groups is 1. The van der Waals surface area contributed by atoms with Crippen LogP contribution < -0.4 is 10.6 Å². The lowest BCUT2D eigenvalue weighted by Crippen LogP contribution is -2.49. The van der Waals surface area contributed by atoms with Gasteiger partial charge < -0.3 is 15.7 Å². The van der Waals surface area contributed by atoms with E-state index in [1.807, 2.05) is 32.2 Å². The summed E-state index contributed by atoms with van der Waals surface area (Å²) in [4.78, 5) is 12.1.